The highest BCUT2D eigenvalue weighted by atomic mass is 32.2. The Labute approximate surface area is 83.1 Å². The molecule has 0 amide bonds. The van der Waals surface area contributed by atoms with Crippen LogP contribution in [0.4, 0.5) is 0 Å². The second-order valence-corrected chi connectivity index (χ2v) is 4.13. The molecule has 0 aliphatic heterocycles. The van der Waals surface area contributed by atoms with Crippen molar-refractivity contribution in [3.63, 3.8) is 0 Å². The van der Waals surface area contributed by atoms with Gasteiger partial charge in [0, 0.05) is 4.90 Å². The molecule has 0 heterocycles. The van der Waals surface area contributed by atoms with Crippen LogP contribution in [0.15, 0.2) is 29.2 Å². The summed E-state index contributed by atoms with van der Waals surface area (Å²) in [6.07, 6.45) is 0. The number of rotatable bonds is 4. The Hall–Kier alpha value is -0.510. The number of nitrogens with two attached hydrogens (primary N) is 1. The first-order chi connectivity index (χ1) is 6.27. The van der Waals surface area contributed by atoms with Gasteiger partial charge in [-0.1, -0.05) is 19.1 Å². The zero-order chi connectivity index (χ0) is 9.68. The summed E-state index contributed by atoms with van der Waals surface area (Å²) < 4.78 is 0. The van der Waals surface area contributed by atoms with Crippen molar-refractivity contribution in [1.29, 1.82) is 0 Å². The number of benzene rings is 1. The number of hydrogen-bond acceptors (Lipinski definition) is 3. The molecule has 1 atom stereocenters. The van der Waals surface area contributed by atoms with Gasteiger partial charge < -0.3 is 10.8 Å². The number of aliphatic hydroxyl groups excluding tert-OH is 1. The second-order valence-electron chi connectivity index (χ2n) is 2.79. The standard InChI is InChI=1S/C10H15NOS/c1-2-13-9-5-3-8(4-6-9)10(11)7-12/h3-6,10,12H,2,7,11H2,1H3. The van der Waals surface area contributed by atoms with Crippen molar-refractivity contribution in [1.82, 2.24) is 0 Å². The lowest BCUT2D eigenvalue weighted by Crippen LogP contribution is -2.14. The molecule has 0 bridgehead atoms. The Morgan fingerprint density at radius 3 is 2.46 bits per heavy atom. The van der Waals surface area contributed by atoms with Crippen LogP contribution in [0.1, 0.15) is 18.5 Å². The summed E-state index contributed by atoms with van der Waals surface area (Å²) in [7, 11) is 0. The van der Waals surface area contributed by atoms with Gasteiger partial charge in [0.2, 0.25) is 0 Å². The van der Waals surface area contributed by atoms with Gasteiger partial charge in [-0.2, -0.15) is 0 Å². The molecule has 1 aromatic carbocycles. The van der Waals surface area contributed by atoms with Crippen molar-refractivity contribution in [2.45, 2.75) is 17.9 Å². The van der Waals surface area contributed by atoms with Crippen molar-refractivity contribution < 1.29 is 5.11 Å². The molecular formula is C10H15NOS. The molecular weight excluding hydrogens is 182 g/mol. The number of aliphatic hydroxyl groups is 1. The SMILES string of the molecule is CCSc1ccc(C(N)CO)cc1. The molecule has 0 aliphatic carbocycles. The minimum atomic E-state index is -0.249. The van der Waals surface area contributed by atoms with Crippen LogP contribution in [0.5, 0.6) is 0 Å². The van der Waals surface area contributed by atoms with Crippen LogP contribution >= 0.6 is 11.8 Å². The quantitative estimate of drug-likeness (QED) is 0.723. The summed E-state index contributed by atoms with van der Waals surface area (Å²) in [5, 5.41) is 8.83. The van der Waals surface area contributed by atoms with E-state index in [4.69, 9.17) is 10.8 Å². The highest BCUT2D eigenvalue weighted by molar-refractivity contribution is 7.99. The molecule has 0 aliphatic rings. The van der Waals surface area contributed by atoms with Gasteiger partial charge in [0.1, 0.15) is 0 Å². The first kappa shape index (κ1) is 10.6. The van der Waals surface area contributed by atoms with E-state index in [9.17, 15) is 0 Å². The normalized spacial score (nSPS) is 12.8. The number of hydrogen-bond donors (Lipinski definition) is 2. The predicted octanol–water partition coefficient (Wildman–Crippen LogP) is 1.79. The topological polar surface area (TPSA) is 46.2 Å². The van der Waals surface area contributed by atoms with Crippen LogP contribution in [-0.2, 0) is 0 Å². The molecule has 3 heteroatoms. The average molecular weight is 197 g/mol. The molecule has 0 spiro atoms. The molecule has 1 aromatic rings. The van der Waals surface area contributed by atoms with Crippen molar-refractivity contribution in [2.75, 3.05) is 12.4 Å². The van der Waals surface area contributed by atoms with Crippen molar-refractivity contribution >= 4 is 11.8 Å². The van der Waals surface area contributed by atoms with Gasteiger partial charge in [0.15, 0.2) is 0 Å². The monoisotopic (exact) mass is 197 g/mol. The molecule has 1 unspecified atom stereocenters. The predicted molar refractivity (Wildman–Crippen MR) is 56.9 cm³/mol. The van der Waals surface area contributed by atoms with Gasteiger partial charge in [-0.25, -0.2) is 0 Å². The van der Waals surface area contributed by atoms with Crippen molar-refractivity contribution in [3.05, 3.63) is 29.8 Å². The molecule has 0 saturated carbocycles. The molecule has 3 N–H and O–H groups in total. The molecule has 0 aromatic heterocycles. The van der Waals surface area contributed by atoms with E-state index >= 15 is 0 Å². The van der Waals surface area contributed by atoms with E-state index in [1.807, 2.05) is 24.3 Å². The number of thioether (sulfide) groups is 1. The molecule has 1 rings (SSSR count). The summed E-state index contributed by atoms with van der Waals surface area (Å²) >= 11 is 1.80. The zero-order valence-corrected chi connectivity index (χ0v) is 8.55. The van der Waals surface area contributed by atoms with E-state index in [2.05, 4.69) is 6.92 Å². The van der Waals surface area contributed by atoms with Gasteiger partial charge in [-0.15, -0.1) is 11.8 Å². The fraction of sp³-hybridized carbons (Fsp3) is 0.400. The van der Waals surface area contributed by atoms with Crippen LogP contribution in [-0.4, -0.2) is 17.5 Å². The van der Waals surface area contributed by atoms with Gasteiger partial charge >= 0.3 is 0 Å². The van der Waals surface area contributed by atoms with Gasteiger partial charge in [-0.3, -0.25) is 0 Å². The second kappa shape index (κ2) is 5.27. The fourth-order valence-electron chi connectivity index (χ4n) is 1.08. The fourth-order valence-corrected chi connectivity index (χ4v) is 1.75. The Morgan fingerprint density at radius 1 is 1.38 bits per heavy atom. The molecule has 0 radical (unpaired) electrons. The largest absolute Gasteiger partial charge is 0.394 e. The third-order valence-electron chi connectivity index (χ3n) is 1.82. The van der Waals surface area contributed by atoms with Crippen LogP contribution in [0.2, 0.25) is 0 Å². The van der Waals surface area contributed by atoms with Crippen LogP contribution < -0.4 is 5.73 Å². The van der Waals surface area contributed by atoms with Gasteiger partial charge in [0.05, 0.1) is 12.6 Å². The third kappa shape index (κ3) is 3.03. The highest BCUT2D eigenvalue weighted by Crippen LogP contribution is 2.19. The van der Waals surface area contributed by atoms with Gasteiger partial charge in [-0.05, 0) is 23.4 Å². The average Bonchev–Trinajstić information content (AvgIpc) is 2.18. The maximum Gasteiger partial charge on any atom is 0.0624 e. The minimum Gasteiger partial charge on any atom is -0.394 e. The third-order valence-corrected chi connectivity index (χ3v) is 2.71. The smallest absolute Gasteiger partial charge is 0.0624 e. The van der Waals surface area contributed by atoms with E-state index in [0.29, 0.717) is 0 Å². The first-order valence-corrected chi connectivity index (χ1v) is 5.35. The van der Waals surface area contributed by atoms with Crippen molar-refractivity contribution in [3.8, 4) is 0 Å². The minimum absolute atomic E-state index is 0.000265. The summed E-state index contributed by atoms with van der Waals surface area (Å²) in [4.78, 5) is 1.25. The maximum absolute atomic E-state index is 8.83. The summed E-state index contributed by atoms with van der Waals surface area (Å²) in [6.45, 7) is 2.12. The zero-order valence-electron chi connectivity index (χ0n) is 7.73. The molecule has 0 saturated heterocycles. The Bertz CT molecular complexity index is 248. The first-order valence-electron chi connectivity index (χ1n) is 4.37. The molecule has 72 valence electrons. The lowest BCUT2D eigenvalue weighted by Gasteiger charge is -2.08. The lowest BCUT2D eigenvalue weighted by molar-refractivity contribution is 0.268. The lowest BCUT2D eigenvalue weighted by atomic mass is 10.1. The molecule has 0 fully saturated rings. The highest BCUT2D eigenvalue weighted by Gasteiger charge is 2.02. The Morgan fingerprint density at radius 2 is 2.00 bits per heavy atom. The molecule has 13 heavy (non-hydrogen) atoms. The van der Waals surface area contributed by atoms with Crippen molar-refractivity contribution in [2.24, 2.45) is 5.73 Å². The summed E-state index contributed by atoms with van der Waals surface area (Å²) in [5.41, 5.74) is 6.65. The Kier molecular flexibility index (Phi) is 4.28. The van der Waals surface area contributed by atoms with E-state index < -0.39 is 0 Å². The van der Waals surface area contributed by atoms with E-state index in [1.54, 1.807) is 11.8 Å². The van der Waals surface area contributed by atoms with E-state index in [1.165, 1.54) is 4.90 Å². The summed E-state index contributed by atoms with van der Waals surface area (Å²) in [5.74, 6) is 1.07. The van der Waals surface area contributed by atoms with E-state index in [-0.39, 0.29) is 12.6 Å². The van der Waals surface area contributed by atoms with E-state index in [0.717, 1.165) is 11.3 Å². The van der Waals surface area contributed by atoms with Crippen LogP contribution in [0, 0.1) is 0 Å². The van der Waals surface area contributed by atoms with Crippen LogP contribution in [0.3, 0.4) is 0 Å². The molecule has 2 nitrogen and oxygen atoms in total. The Balaban J connectivity index is 2.69. The summed E-state index contributed by atoms with van der Waals surface area (Å²) in [6, 6.07) is 7.77. The van der Waals surface area contributed by atoms with Crippen LogP contribution in [0.25, 0.3) is 0 Å². The maximum atomic E-state index is 8.83. The van der Waals surface area contributed by atoms with Gasteiger partial charge in [0.25, 0.3) is 0 Å².